The Bertz CT molecular complexity index is 550. The lowest BCUT2D eigenvalue weighted by molar-refractivity contribution is -0.139. The molecule has 128 valence electrons. The van der Waals surface area contributed by atoms with E-state index in [-0.39, 0.29) is 5.41 Å². The van der Waals surface area contributed by atoms with E-state index in [2.05, 4.69) is 26.8 Å². The van der Waals surface area contributed by atoms with Crippen LogP contribution in [0.25, 0.3) is 0 Å². The molecule has 3 fully saturated rings. The molecule has 0 aromatic heterocycles. The fourth-order valence-corrected chi connectivity index (χ4v) is 7.27. The summed E-state index contributed by atoms with van der Waals surface area (Å²) < 4.78 is 0. The number of Topliss-reactive ketones (excluding diaryl/α,β-unsaturated/α-hetero) is 1. The van der Waals surface area contributed by atoms with E-state index in [0.717, 1.165) is 24.7 Å². The third-order valence-corrected chi connectivity index (χ3v) is 8.63. The summed E-state index contributed by atoms with van der Waals surface area (Å²) in [4.78, 5) is 12.9. The molecule has 2 nitrogen and oxygen atoms in total. The second-order valence-corrected chi connectivity index (χ2v) is 9.26. The summed E-state index contributed by atoms with van der Waals surface area (Å²) in [5.74, 6) is 3.22. The van der Waals surface area contributed by atoms with Gasteiger partial charge in [-0.2, -0.15) is 0 Å². The van der Waals surface area contributed by atoms with Crippen LogP contribution in [0.3, 0.4) is 0 Å². The number of aliphatic hydroxyl groups excluding tert-OH is 1. The Labute approximate surface area is 140 Å². The van der Waals surface area contributed by atoms with Gasteiger partial charge < -0.3 is 5.11 Å². The van der Waals surface area contributed by atoms with Crippen LogP contribution in [0, 0.1) is 34.5 Å². The van der Waals surface area contributed by atoms with Crippen LogP contribution in [0.4, 0.5) is 0 Å². The number of fused-ring (bicyclic) bond motifs is 5. The molecule has 3 saturated carbocycles. The number of carbonyl (C=O) groups excluding carboxylic acids is 1. The first-order valence-corrected chi connectivity index (χ1v) is 9.82. The summed E-state index contributed by atoms with van der Waals surface area (Å²) in [7, 11) is 0. The molecular weight excluding hydrogens is 284 g/mol. The Morgan fingerprint density at radius 2 is 1.96 bits per heavy atom. The highest BCUT2D eigenvalue weighted by Gasteiger charge is 2.60. The van der Waals surface area contributed by atoms with Crippen LogP contribution in [-0.4, -0.2) is 17.0 Å². The first-order chi connectivity index (χ1) is 10.9. The predicted octanol–water partition coefficient (Wildman–Crippen LogP) is 4.52. The normalized spacial score (nSPS) is 52.4. The Kier molecular flexibility index (Phi) is 3.58. The molecular formula is C21H32O2. The number of rotatable bonds is 1. The maximum atomic E-state index is 12.9. The van der Waals surface area contributed by atoms with E-state index in [0.29, 0.717) is 29.5 Å². The molecule has 4 aliphatic rings. The van der Waals surface area contributed by atoms with E-state index in [1.54, 1.807) is 0 Å². The Morgan fingerprint density at radius 3 is 2.70 bits per heavy atom. The van der Waals surface area contributed by atoms with Crippen molar-refractivity contribution in [1.82, 2.24) is 0 Å². The molecule has 0 bridgehead atoms. The fourth-order valence-electron chi connectivity index (χ4n) is 7.27. The quantitative estimate of drug-likeness (QED) is 0.722. The minimum Gasteiger partial charge on any atom is -0.392 e. The van der Waals surface area contributed by atoms with E-state index < -0.39 is 6.10 Å². The van der Waals surface area contributed by atoms with Crippen molar-refractivity contribution in [2.75, 3.05) is 0 Å². The number of allylic oxidation sites excluding steroid dienone is 1. The van der Waals surface area contributed by atoms with Gasteiger partial charge in [0.1, 0.15) is 5.78 Å². The number of aliphatic hydroxyl groups is 1. The highest BCUT2D eigenvalue weighted by Crippen LogP contribution is 2.66. The van der Waals surface area contributed by atoms with Gasteiger partial charge >= 0.3 is 0 Å². The monoisotopic (exact) mass is 316 g/mol. The molecule has 4 rings (SSSR count). The van der Waals surface area contributed by atoms with Gasteiger partial charge in [0.15, 0.2) is 0 Å². The Morgan fingerprint density at radius 1 is 1.17 bits per heavy atom. The van der Waals surface area contributed by atoms with Crippen molar-refractivity contribution in [3.05, 3.63) is 11.6 Å². The van der Waals surface area contributed by atoms with Crippen molar-refractivity contribution in [2.45, 2.75) is 78.2 Å². The lowest BCUT2D eigenvalue weighted by Crippen LogP contribution is -2.53. The molecule has 23 heavy (non-hydrogen) atoms. The molecule has 7 atom stereocenters. The zero-order valence-electron chi connectivity index (χ0n) is 15.0. The minimum atomic E-state index is -0.441. The molecule has 0 radical (unpaired) electrons. The molecule has 0 aliphatic heterocycles. The van der Waals surface area contributed by atoms with Crippen LogP contribution in [0.15, 0.2) is 11.6 Å². The highest BCUT2D eigenvalue weighted by molar-refractivity contribution is 5.90. The van der Waals surface area contributed by atoms with Gasteiger partial charge in [-0.15, -0.1) is 0 Å². The third kappa shape index (κ3) is 2.00. The van der Waals surface area contributed by atoms with Gasteiger partial charge in [0, 0.05) is 6.42 Å². The Balaban J connectivity index is 1.70. The van der Waals surface area contributed by atoms with Gasteiger partial charge in [0.05, 0.1) is 11.5 Å². The van der Waals surface area contributed by atoms with Gasteiger partial charge in [-0.3, -0.25) is 4.79 Å². The van der Waals surface area contributed by atoms with Crippen LogP contribution in [-0.2, 0) is 4.79 Å². The van der Waals surface area contributed by atoms with E-state index in [4.69, 9.17) is 0 Å². The lowest BCUT2D eigenvalue weighted by Gasteiger charge is -2.57. The molecule has 0 unspecified atom stereocenters. The standard InChI is InChI=1S/C21H32O2/c1-4-13-6-8-17-16-7-5-14-11-15(22)12-19(23)21(14,3)18(16)9-10-20(13,17)2/h5,13,15-18,22H,4,6-12H2,1-3H3/t13-,15+,16-,17-,18-,20+,21-/m0/s1. The summed E-state index contributed by atoms with van der Waals surface area (Å²) in [6.07, 6.45) is 10.7. The summed E-state index contributed by atoms with van der Waals surface area (Å²) >= 11 is 0. The van der Waals surface area contributed by atoms with Crippen LogP contribution in [0.2, 0.25) is 0 Å². The van der Waals surface area contributed by atoms with Crippen molar-refractivity contribution in [1.29, 1.82) is 0 Å². The Hall–Kier alpha value is -0.630. The minimum absolute atomic E-state index is 0.270. The molecule has 2 heteroatoms. The third-order valence-electron chi connectivity index (χ3n) is 8.63. The van der Waals surface area contributed by atoms with Gasteiger partial charge in [-0.05, 0) is 74.5 Å². The molecule has 0 saturated heterocycles. The van der Waals surface area contributed by atoms with Crippen LogP contribution in [0.1, 0.15) is 72.1 Å². The summed E-state index contributed by atoms with van der Waals surface area (Å²) in [6.45, 7) is 7.11. The highest BCUT2D eigenvalue weighted by atomic mass is 16.3. The van der Waals surface area contributed by atoms with Crippen molar-refractivity contribution in [3.8, 4) is 0 Å². The predicted molar refractivity (Wildman–Crippen MR) is 91.9 cm³/mol. The average Bonchev–Trinajstić information content (AvgIpc) is 2.85. The van der Waals surface area contributed by atoms with Gasteiger partial charge in [-0.1, -0.05) is 31.9 Å². The molecule has 0 heterocycles. The second-order valence-electron chi connectivity index (χ2n) is 9.26. The smallest absolute Gasteiger partial charge is 0.145 e. The van der Waals surface area contributed by atoms with Crippen molar-refractivity contribution >= 4 is 5.78 Å². The van der Waals surface area contributed by atoms with Gasteiger partial charge in [0.25, 0.3) is 0 Å². The SMILES string of the molecule is CC[C@H]1CC[C@H]2[C@@H]3CC=C4C[C@@H](O)CC(=O)[C@]4(C)[C@H]3CC[C@]12C. The van der Waals surface area contributed by atoms with Crippen molar-refractivity contribution in [2.24, 2.45) is 34.5 Å². The van der Waals surface area contributed by atoms with Gasteiger partial charge in [0.2, 0.25) is 0 Å². The molecule has 0 aromatic carbocycles. The van der Waals surface area contributed by atoms with E-state index >= 15 is 0 Å². The largest absolute Gasteiger partial charge is 0.392 e. The average molecular weight is 316 g/mol. The molecule has 0 spiro atoms. The van der Waals surface area contributed by atoms with Crippen LogP contribution in [0.5, 0.6) is 0 Å². The summed E-state index contributed by atoms with van der Waals surface area (Å²) in [6, 6.07) is 0. The molecule has 0 aromatic rings. The van der Waals surface area contributed by atoms with Crippen LogP contribution < -0.4 is 0 Å². The zero-order valence-corrected chi connectivity index (χ0v) is 15.0. The zero-order chi connectivity index (χ0) is 16.4. The van der Waals surface area contributed by atoms with E-state index in [1.165, 1.54) is 37.7 Å². The topological polar surface area (TPSA) is 37.3 Å². The molecule has 1 N–H and O–H groups in total. The van der Waals surface area contributed by atoms with Crippen molar-refractivity contribution < 1.29 is 9.90 Å². The second kappa shape index (κ2) is 5.18. The first kappa shape index (κ1) is 15.9. The number of carbonyl (C=O) groups is 1. The van der Waals surface area contributed by atoms with Crippen LogP contribution >= 0.6 is 0 Å². The fraction of sp³-hybridized carbons (Fsp3) is 0.857. The number of hydrogen-bond donors (Lipinski definition) is 1. The van der Waals surface area contributed by atoms with Gasteiger partial charge in [-0.25, -0.2) is 0 Å². The lowest BCUT2D eigenvalue weighted by atomic mass is 9.47. The molecule has 0 amide bonds. The first-order valence-electron chi connectivity index (χ1n) is 9.82. The summed E-state index contributed by atoms with van der Waals surface area (Å²) in [5, 5.41) is 10.0. The van der Waals surface area contributed by atoms with E-state index in [1.807, 2.05) is 0 Å². The van der Waals surface area contributed by atoms with E-state index in [9.17, 15) is 9.90 Å². The van der Waals surface area contributed by atoms with Crippen molar-refractivity contribution in [3.63, 3.8) is 0 Å². The maximum Gasteiger partial charge on any atom is 0.145 e. The maximum absolute atomic E-state index is 12.9. The summed E-state index contributed by atoms with van der Waals surface area (Å²) in [5.41, 5.74) is 1.50. The number of hydrogen-bond acceptors (Lipinski definition) is 2. The number of ketones is 1. The molecule has 4 aliphatic carbocycles.